The average Bonchev–Trinajstić information content (AvgIpc) is 2.54. The van der Waals surface area contributed by atoms with Crippen LogP contribution in [0.5, 0.6) is 0 Å². The first-order valence-electron chi connectivity index (χ1n) is 7.22. The predicted molar refractivity (Wildman–Crippen MR) is 85.9 cm³/mol. The summed E-state index contributed by atoms with van der Waals surface area (Å²) in [6.07, 6.45) is 0.375. The van der Waals surface area contributed by atoms with E-state index in [1.165, 1.54) is 0 Å². The highest BCUT2D eigenvalue weighted by Crippen LogP contribution is 2.26. The average molecular weight is 303 g/mol. The predicted octanol–water partition coefficient (Wildman–Crippen LogP) is 2.15. The second-order valence-corrected chi connectivity index (χ2v) is 6.35. The Labute approximate surface area is 130 Å². The number of hydrogen-bond acceptors (Lipinski definition) is 4. The summed E-state index contributed by atoms with van der Waals surface area (Å²) < 4.78 is 0. The summed E-state index contributed by atoms with van der Waals surface area (Å²) in [4.78, 5) is 16.8. The van der Waals surface area contributed by atoms with Gasteiger partial charge in [0.15, 0.2) is 0 Å². The van der Waals surface area contributed by atoms with Gasteiger partial charge in [0.2, 0.25) is 5.91 Å². The van der Waals surface area contributed by atoms with Gasteiger partial charge in [-0.15, -0.1) is 0 Å². The van der Waals surface area contributed by atoms with Crippen LogP contribution < -0.4 is 0 Å². The van der Waals surface area contributed by atoms with Crippen molar-refractivity contribution in [3.63, 3.8) is 0 Å². The number of likely N-dealkylation sites (N-methyl/N-ethyl adjacent to an activating group) is 1. The second-order valence-electron chi connectivity index (χ2n) is 5.13. The lowest BCUT2D eigenvalue weighted by atomic mass is 10.0. The van der Waals surface area contributed by atoms with Gasteiger partial charge in [-0.05, 0) is 5.56 Å². The molecule has 5 heteroatoms. The van der Waals surface area contributed by atoms with Crippen LogP contribution in [-0.4, -0.2) is 53.9 Å². The largest absolute Gasteiger partial charge is 0.343 e. The Morgan fingerprint density at radius 1 is 1.38 bits per heavy atom. The number of carbonyl (C=O) groups excluding carboxylic acids is 1. The fraction of sp³-hybridized carbons (Fsp3) is 0.500. The SMILES string of the molecule is CN(CCC#N)C(=O)C(c1ccccc1)N1CCSCC1. The van der Waals surface area contributed by atoms with Gasteiger partial charge in [0.25, 0.3) is 0 Å². The number of carbonyl (C=O) groups is 1. The third kappa shape index (κ3) is 4.23. The Balaban J connectivity index is 2.19. The molecule has 1 amide bonds. The summed E-state index contributed by atoms with van der Waals surface area (Å²) in [6, 6.07) is 11.8. The summed E-state index contributed by atoms with van der Waals surface area (Å²) in [6.45, 7) is 2.35. The van der Waals surface area contributed by atoms with E-state index in [1.807, 2.05) is 42.1 Å². The van der Waals surface area contributed by atoms with E-state index in [-0.39, 0.29) is 11.9 Å². The first kappa shape index (κ1) is 15.9. The van der Waals surface area contributed by atoms with Gasteiger partial charge in [-0.2, -0.15) is 17.0 Å². The maximum absolute atomic E-state index is 12.8. The van der Waals surface area contributed by atoms with Crippen molar-refractivity contribution in [1.82, 2.24) is 9.80 Å². The zero-order valence-electron chi connectivity index (χ0n) is 12.4. The minimum atomic E-state index is -0.226. The molecule has 1 aliphatic rings. The molecule has 4 nitrogen and oxygen atoms in total. The smallest absolute Gasteiger partial charge is 0.244 e. The molecule has 0 saturated carbocycles. The van der Waals surface area contributed by atoms with Gasteiger partial charge in [-0.25, -0.2) is 0 Å². The molecule has 1 aromatic carbocycles. The third-order valence-electron chi connectivity index (χ3n) is 3.70. The van der Waals surface area contributed by atoms with Crippen LogP contribution in [0.1, 0.15) is 18.0 Å². The first-order chi connectivity index (χ1) is 10.2. The molecule has 0 bridgehead atoms. The van der Waals surface area contributed by atoms with Gasteiger partial charge in [0.1, 0.15) is 6.04 Å². The summed E-state index contributed by atoms with van der Waals surface area (Å²) in [5.41, 5.74) is 1.04. The number of rotatable bonds is 5. The molecule has 0 radical (unpaired) electrons. The molecule has 1 aliphatic heterocycles. The molecule has 2 rings (SSSR count). The van der Waals surface area contributed by atoms with E-state index in [0.717, 1.165) is 30.2 Å². The van der Waals surface area contributed by atoms with Crippen LogP contribution in [0, 0.1) is 11.3 Å². The quantitative estimate of drug-likeness (QED) is 0.836. The Bertz CT molecular complexity index is 494. The number of amides is 1. The van der Waals surface area contributed by atoms with E-state index >= 15 is 0 Å². The summed E-state index contributed by atoms with van der Waals surface area (Å²) in [5.74, 6) is 2.22. The van der Waals surface area contributed by atoms with Crippen LogP contribution in [-0.2, 0) is 4.79 Å². The van der Waals surface area contributed by atoms with Crippen LogP contribution in [0.25, 0.3) is 0 Å². The van der Waals surface area contributed by atoms with Gasteiger partial charge in [-0.3, -0.25) is 9.69 Å². The van der Waals surface area contributed by atoms with Crippen molar-refractivity contribution in [1.29, 1.82) is 5.26 Å². The van der Waals surface area contributed by atoms with E-state index in [9.17, 15) is 4.79 Å². The van der Waals surface area contributed by atoms with Crippen molar-refractivity contribution in [2.75, 3.05) is 38.2 Å². The molecular formula is C16H21N3OS. The number of hydrogen-bond donors (Lipinski definition) is 0. The fourth-order valence-electron chi connectivity index (χ4n) is 2.52. The highest BCUT2D eigenvalue weighted by atomic mass is 32.2. The van der Waals surface area contributed by atoms with Crippen LogP contribution in [0.15, 0.2) is 30.3 Å². The number of benzene rings is 1. The third-order valence-corrected chi connectivity index (χ3v) is 4.64. The molecule has 0 aliphatic carbocycles. The van der Waals surface area contributed by atoms with E-state index in [1.54, 1.807) is 11.9 Å². The first-order valence-corrected chi connectivity index (χ1v) is 8.38. The molecule has 1 heterocycles. The number of nitrogens with zero attached hydrogens (tertiary/aromatic N) is 3. The summed E-state index contributed by atoms with van der Waals surface area (Å²) in [7, 11) is 1.79. The van der Waals surface area contributed by atoms with Crippen molar-refractivity contribution in [3.05, 3.63) is 35.9 Å². The van der Waals surface area contributed by atoms with Gasteiger partial charge < -0.3 is 4.90 Å². The van der Waals surface area contributed by atoms with Crippen LogP contribution in [0.4, 0.5) is 0 Å². The molecule has 1 unspecified atom stereocenters. The molecule has 112 valence electrons. The zero-order valence-corrected chi connectivity index (χ0v) is 13.2. The van der Waals surface area contributed by atoms with Crippen molar-refractivity contribution >= 4 is 17.7 Å². The van der Waals surface area contributed by atoms with Crippen molar-refractivity contribution in [3.8, 4) is 6.07 Å². The Morgan fingerprint density at radius 3 is 2.67 bits per heavy atom. The monoisotopic (exact) mass is 303 g/mol. The van der Waals surface area contributed by atoms with Gasteiger partial charge in [-0.1, -0.05) is 30.3 Å². The van der Waals surface area contributed by atoms with Crippen molar-refractivity contribution < 1.29 is 4.79 Å². The van der Waals surface area contributed by atoms with E-state index in [0.29, 0.717) is 13.0 Å². The van der Waals surface area contributed by atoms with Crippen molar-refractivity contribution in [2.45, 2.75) is 12.5 Å². The highest BCUT2D eigenvalue weighted by molar-refractivity contribution is 7.99. The Morgan fingerprint density at radius 2 is 2.05 bits per heavy atom. The number of thioether (sulfide) groups is 1. The topological polar surface area (TPSA) is 47.3 Å². The molecule has 1 fully saturated rings. The second kappa shape index (κ2) is 8.06. The number of nitriles is 1. The maximum atomic E-state index is 12.8. The molecule has 0 spiro atoms. The lowest BCUT2D eigenvalue weighted by molar-refractivity contribution is -0.135. The Hall–Kier alpha value is -1.51. The minimum Gasteiger partial charge on any atom is -0.343 e. The highest BCUT2D eigenvalue weighted by Gasteiger charge is 2.30. The standard InChI is InChI=1S/C16H21N3OS/c1-18(9-5-8-17)16(20)15(14-6-3-2-4-7-14)19-10-12-21-13-11-19/h2-4,6-7,15H,5,9-13H2,1H3. The Kier molecular flexibility index (Phi) is 6.09. The summed E-state index contributed by atoms with van der Waals surface area (Å²) >= 11 is 1.94. The molecule has 1 aromatic rings. The minimum absolute atomic E-state index is 0.0864. The van der Waals surface area contributed by atoms with Gasteiger partial charge in [0.05, 0.1) is 12.5 Å². The van der Waals surface area contributed by atoms with Crippen molar-refractivity contribution in [2.24, 2.45) is 0 Å². The molecule has 1 atom stereocenters. The molecule has 21 heavy (non-hydrogen) atoms. The van der Waals surface area contributed by atoms with Crippen LogP contribution >= 0.6 is 11.8 Å². The van der Waals surface area contributed by atoms with E-state index < -0.39 is 0 Å². The lowest BCUT2D eigenvalue weighted by Crippen LogP contribution is -2.45. The normalized spacial score (nSPS) is 17.0. The summed E-state index contributed by atoms with van der Waals surface area (Å²) in [5, 5.41) is 8.70. The molecule has 0 N–H and O–H groups in total. The van der Waals surface area contributed by atoms with Crippen LogP contribution in [0.2, 0.25) is 0 Å². The fourth-order valence-corrected chi connectivity index (χ4v) is 3.45. The van der Waals surface area contributed by atoms with E-state index in [2.05, 4.69) is 11.0 Å². The maximum Gasteiger partial charge on any atom is 0.244 e. The van der Waals surface area contributed by atoms with Gasteiger partial charge >= 0.3 is 0 Å². The van der Waals surface area contributed by atoms with Crippen LogP contribution in [0.3, 0.4) is 0 Å². The molecule has 1 saturated heterocycles. The zero-order chi connectivity index (χ0) is 15.1. The van der Waals surface area contributed by atoms with E-state index in [4.69, 9.17) is 5.26 Å². The molecule has 0 aromatic heterocycles. The van der Waals surface area contributed by atoms with Gasteiger partial charge in [0, 0.05) is 38.2 Å². The molecular weight excluding hydrogens is 282 g/mol. The lowest BCUT2D eigenvalue weighted by Gasteiger charge is -2.35.